The molecular weight excluding hydrogens is 428 g/mol. The number of hydrogen-bond donors (Lipinski definition) is 1. The number of thiophene rings is 1. The van der Waals surface area contributed by atoms with Gasteiger partial charge >= 0.3 is 0 Å². The molecular formula is C27H30N4OS. The summed E-state index contributed by atoms with van der Waals surface area (Å²) in [6.07, 6.45) is 1.89. The maximum atomic E-state index is 6.60. The molecule has 4 aromatic rings. The summed E-state index contributed by atoms with van der Waals surface area (Å²) in [5, 5.41) is 3.05. The van der Waals surface area contributed by atoms with E-state index < -0.39 is 0 Å². The van der Waals surface area contributed by atoms with Crippen LogP contribution in [-0.2, 0) is 11.2 Å². The maximum Gasteiger partial charge on any atom is 0.135 e. The van der Waals surface area contributed by atoms with Gasteiger partial charge in [-0.15, -0.1) is 11.3 Å². The number of nitrogens with zero attached hydrogens (tertiary/aromatic N) is 3. The third-order valence-corrected chi connectivity index (χ3v) is 7.11. The van der Waals surface area contributed by atoms with Gasteiger partial charge in [-0.3, -0.25) is 0 Å². The van der Waals surface area contributed by atoms with Crippen LogP contribution in [0.1, 0.15) is 26.1 Å². The molecule has 0 atom stereocenters. The number of aryl methyl sites for hydroxylation is 1. The molecule has 1 aliphatic heterocycles. The maximum absolute atomic E-state index is 6.60. The van der Waals surface area contributed by atoms with E-state index in [2.05, 4.69) is 72.7 Å². The molecule has 2 aromatic heterocycles. The van der Waals surface area contributed by atoms with Gasteiger partial charge in [0.2, 0.25) is 0 Å². The fourth-order valence-corrected chi connectivity index (χ4v) is 5.19. The number of aromatic nitrogens is 2. The molecule has 2 aromatic carbocycles. The largest absolute Gasteiger partial charge is 0.383 e. The van der Waals surface area contributed by atoms with Crippen molar-refractivity contribution in [2.75, 3.05) is 36.9 Å². The first-order valence-corrected chi connectivity index (χ1v) is 12.5. The average molecular weight is 459 g/mol. The fourth-order valence-electron chi connectivity index (χ4n) is 4.43. The Morgan fingerprint density at radius 2 is 1.82 bits per heavy atom. The van der Waals surface area contributed by atoms with Gasteiger partial charge in [-0.2, -0.15) is 0 Å². The van der Waals surface area contributed by atoms with Crippen molar-refractivity contribution in [1.82, 2.24) is 9.97 Å². The predicted octanol–water partition coefficient (Wildman–Crippen LogP) is 6.03. The van der Waals surface area contributed by atoms with Gasteiger partial charge in [-0.05, 0) is 47.5 Å². The first kappa shape index (κ1) is 21.9. The molecule has 0 spiro atoms. The molecule has 2 N–H and O–H groups in total. The van der Waals surface area contributed by atoms with E-state index in [0.717, 1.165) is 67.0 Å². The predicted molar refractivity (Wildman–Crippen MR) is 139 cm³/mol. The summed E-state index contributed by atoms with van der Waals surface area (Å²) in [6, 6.07) is 17.3. The summed E-state index contributed by atoms with van der Waals surface area (Å²) in [6.45, 7) is 7.84. The fraction of sp³-hybridized carbons (Fsp3) is 0.333. The van der Waals surface area contributed by atoms with Gasteiger partial charge in [-0.1, -0.05) is 38.1 Å². The highest BCUT2D eigenvalue weighted by Crippen LogP contribution is 2.41. The van der Waals surface area contributed by atoms with Crippen LogP contribution in [0.2, 0.25) is 0 Å². The topological polar surface area (TPSA) is 64.3 Å². The minimum Gasteiger partial charge on any atom is -0.383 e. The SMILES string of the molecule is CC(C)CCc1nc(N)c2c(-c3ccc(N4CCOCC4)cc3)c(-c3cccs3)ccc2n1. The zero-order chi connectivity index (χ0) is 22.8. The first-order chi connectivity index (χ1) is 16.1. The first-order valence-electron chi connectivity index (χ1n) is 11.7. The Hall–Kier alpha value is -2.96. The summed E-state index contributed by atoms with van der Waals surface area (Å²) in [7, 11) is 0. The normalized spacial score (nSPS) is 14.3. The average Bonchev–Trinajstić information content (AvgIpc) is 3.38. The summed E-state index contributed by atoms with van der Waals surface area (Å²) in [4.78, 5) is 13.2. The number of rotatable bonds is 6. The summed E-state index contributed by atoms with van der Waals surface area (Å²) < 4.78 is 5.50. The van der Waals surface area contributed by atoms with Crippen molar-refractivity contribution < 1.29 is 4.74 Å². The zero-order valence-electron chi connectivity index (χ0n) is 19.3. The van der Waals surface area contributed by atoms with Gasteiger partial charge in [-0.25, -0.2) is 9.97 Å². The monoisotopic (exact) mass is 458 g/mol. The van der Waals surface area contributed by atoms with Crippen molar-refractivity contribution >= 4 is 33.7 Å². The molecule has 33 heavy (non-hydrogen) atoms. The van der Waals surface area contributed by atoms with Crippen LogP contribution >= 0.6 is 11.3 Å². The molecule has 5 rings (SSSR count). The number of morpholine rings is 1. The number of benzene rings is 2. The van der Waals surface area contributed by atoms with Crippen molar-refractivity contribution in [2.45, 2.75) is 26.7 Å². The number of fused-ring (bicyclic) bond motifs is 1. The second-order valence-electron chi connectivity index (χ2n) is 8.96. The molecule has 1 aliphatic rings. The number of ether oxygens (including phenoxy) is 1. The minimum absolute atomic E-state index is 0.560. The third-order valence-electron chi connectivity index (χ3n) is 6.20. The molecule has 0 unspecified atom stereocenters. The van der Waals surface area contributed by atoms with Crippen LogP contribution < -0.4 is 10.6 Å². The minimum atomic E-state index is 0.560. The van der Waals surface area contributed by atoms with E-state index in [-0.39, 0.29) is 0 Å². The van der Waals surface area contributed by atoms with E-state index in [4.69, 9.17) is 20.4 Å². The van der Waals surface area contributed by atoms with E-state index in [1.54, 1.807) is 11.3 Å². The molecule has 1 saturated heterocycles. The van der Waals surface area contributed by atoms with E-state index in [9.17, 15) is 0 Å². The Balaban J connectivity index is 1.62. The van der Waals surface area contributed by atoms with Gasteiger partial charge in [0.1, 0.15) is 11.6 Å². The van der Waals surface area contributed by atoms with Crippen molar-refractivity contribution in [3.8, 4) is 21.6 Å². The number of anilines is 2. The lowest BCUT2D eigenvalue weighted by Crippen LogP contribution is -2.36. The molecule has 6 heteroatoms. The lowest BCUT2D eigenvalue weighted by Gasteiger charge is -2.29. The second-order valence-corrected chi connectivity index (χ2v) is 9.91. The number of nitrogens with two attached hydrogens (primary N) is 1. The zero-order valence-corrected chi connectivity index (χ0v) is 20.1. The standard InChI is InChI=1S/C27H30N4OS/c1-18(2)5-12-24-29-22-11-10-21(23-4-3-17-33-23)25(26(22)27(28)30-24)19-6-8-20(9-7-19)31-13-15-32-16-14-31/h3-4,6-11,17-18H,5,12-16H2,1-2H3,(H2,28,29,30). The van der Waals surface area contributed by atoms with E-state index in [1.807, 2.05) is 0 Å². The van der Waals surface area contributed by atoms with Crippen LogP contribution in [0.3, 0.4) is 0 Å². The molecule has 0 saturated carbocycles. The van der Waals surface area contributed by atoms with Crippen LogP contribution in [-0.4, -0.2) is 36.3 Å². The molecule has 0 radical (unpaired) electrons. The van der Waals surface area contributed by atoms with Crippen LogP contribution in [0.25, 0.3) is 32.5 Å². The molecule has 1 fully saturated rings. The lowest BCUT2D eigenvalue weighted by molar-refractivity contribution is 0.122. The Kier molecular flexibility index (Phi) is 6.29. The van der Waals surface area contributed by atoms with Gasteiger partial charge in [0.05, 0.1) is 24.1 Å². The van der Waals surface area contributed by atoms with Crippen LogP contribution in [0.5, 0.6) is 0 Å². The highest BCUT2D eigenvalue weighted by atomic mass is 32.1. The van der Waals surface area contributed by atoms with E-state index in [0.29, 0.717) is 11.7 Å². The van der Waals surface area contributed by atoms with Crippen molar-refractivity contribution in [3.63, 3.8) is 0 Å². The molecule has 5 nitrogen and oxygen atoms in total. The molecule has 0 bridgehead atoms. The summed E-state index contributed by atoms with van der Waals surface area (Å²) in [5.41, 5.74) is 12.1. The van der Waals surface area contributed by atoms with Gasteiger partial charge in [0.25, 0.3) is 0 Å². The van der Waals surface area contributed by atoms with E-state index in [1.165, 1.54) is 16.1 Å². The van der Waals surface area contributed by atoms with Crippen LogP contribution in [0.15, 0.2) is 53.9 Å². The highest BCUT2D eigenvalue weighted by molar-refractivity contribution is 7.13. The number of hydrogen-bond acceptors (Lipinski definition) is 6. The Bertz CT molecular complexity index is 1230. The summed E-state index contributed by atoms with van der Waals surface area (Å²) in [5.74, 6) is 1.99. The van der Waals surface area contributed by atoms with Crippen LogP contribution in [0.4, 0.5) is 11.5 Å². The van der Waals surface area contributed by atoms with Crippen molar-refractivity contribution in [1.29, 1.82) is 0 Å². The highest BCUT2D eigenvalue weighted by Gasteiger charge is 2.18. The third kappa shape index (κ3) is 4.59. The smallest absolute Gasteiger partial charge is 0.135 e. The quantitative estimate of drug-likeness (QED) is 0.382. The Morgan fingerprint density at radius 3 is 2.52 bits per heavy atom. The number of nitrogen functional groups attached to an aromatic ring is 1. The molecule has 0 aliphatic carbocycles. The molecule has 3 heterocycles. The molecule has 0 amide bonds. The lowest BCUT2D eigenvalue weighted by atomic mass is 9.94. The Labute approximate surface area is 199 Å². The van der Waals surface area contributed by atoms with Crippen LogP contribution in [0, 0.1) is 5.92 Å². The van der Waals surface area contributed by atoms with Crippen molar-refractivity contribution in [2.24, 2.45) is 5.92 Å². The summed E-state index contributed by atoms with van der Waals surface area (Å²) >= 11 is 1.74. The van der Waals surface area contributed by atoms with E-state index >= 15 is 0 Å². The van der Waals surface area contributed by atoms with Gasteiger partial charge < -0.3 is 15.4 Å². The van der Waals surface area contributed by atoms with Crippen molar-refractivity contribution in [3.05, 3.63) is 59.7 Å². The van der Waals surface area contributed by atoms with Gasteiger partial charge in [0.15, 0.2) is 0 Å². The Morgan fingerprint density at radius 1 is 1.03 bits per heavy atom. The second kappa shape index (κ2) is 9.49. The van der Waals surface area contributed by atoms with Gasteiger partial charge in [0, 0.05) is 41.2 Å². The molecule has 170 valence electrons.